The summed E-state index contributed by atoms with van der Waals surface area (Å²) in [5.41, 5.74) is 7.59. The van der Waals surface area contributed by atoms with E-state index < -0.39 is 18.3 Å². The van der Waals surface area contributed by atoms with Crippen molar-refractivity contribution >= 4 is 19.0 Å². The van der Waals surface area contributed by atoms with Crippen LogP contribution in [0.25, 0.3) is 11.8 Å². The maximum absolute atomic E-state index is 9.80. The van der Waals surface area contributed by atoms with Gasteiger partial charge in [0.15, 0.2) is 0 Å². The van der Waals surface area contributed by atoms with Gasteiger partial charge in [-0.15, -0.1) is 0 Å². The minimum Gasteiger partial charge on any atom is -0.400 e. The van der Waals surface area contributed by atoms with E-state index in [9.17, 15) is 5.11 Å². The van der Waals surface area contributed by atoms with Gasteiger partial charge < -0.3 is 20.1 Å². The van der Waals surface area contributed by atoms with E-state index in [1.807, 2.05) is 64.1 Å². The molecule has 1 aliphatic heterocycles. The second kappa shape index (κ2) is 6.85. The van der Waals surface area contributed by atoms with E-state index in [4.69, 9.17) is 20.3 Å². The van der Waals surface area contributed by atoms with Crippen LogP contribution in [-0.4, -0.2) is 39.8 Å². The van der Waals surface area contributed by atoms with Crippen molar-refractivity contribution in [3.05, 3.63) is 47.1 Å². The molecule has 2 heterocycles. The number of nitrogen functional groups attached to an aromatic ring is 1. The van der Waals surface area contributed by atoms with Gasteiger partial charge in [0.25, 0.3) is 0 Å². The van der Waals surface area contributed by atoms with E-state index in [2.05, 4.69) is 5.10 Å². The Kier molecular flexibility index (Phi) is 4.87. The van der Waals surface area contributed by atoms with Gasteiger partial charge in [0.05, 0.1) is 29.7 Å². The quantitative estimate of drug-likeness (QED) is 0.805. The molecule has 0 spiro atoms. The van der Waals surface area contributed by atoms with Crippen molar-refractivity contribution < 1.29 is 14.4 Å². The summed E-state index contributed by atoms with van der Waals surface area (Å²) in [4.78, 5) is 0. The molecule has 0 amide bonds. The summed E-state index contributed by atoms with van der Waals surface area (Å²) in [6.45, 7) is 7.72. The van der Waals surface area contributed by atoms with E-state index in [1.54, 1.807) is 0 Å². The molecular formula is C19H23BN4O3. The van der Waals surface area contributed by atoms with Gasteiger partial charge in [-0.2, -0.15) is 10.4 Å². The Morgan fingerprint density at radius 1 is 1.26 bits per heavy atom. The number of nitriles is 1. The molecule has 0 saturated carbocycles. The van der Waals surface area contributed by atoms with Crippen LogP contribution in [0.3, 0.4) is 0 Å². The molecule has 27 heavy (non-hydrogen) atoms. The number of aliphatic hydroxyl groups is 1. The summed E-state index contributed by atoms with van der Waals surface area (Å²) in [5.74, 6) is 0.300. The Bertz CT molecular complexity index is 894. The van der Waals surface area contributed by atoms with Crippen LogP contribution in [0.1, 0.15) is 38.8 Å². The van der Waals surface area contributed by atoms with Crippen LogP contribution >= 0.6 is 0 Å². The molecule has 3 N–H and O–H groups in total. The molecule has 0 bridgehead atoms. The molecule has 2 aromatic rings. The fourth-order valence-corrected chi connectivity index (χ4v) is 2.76. The molecule has 0 atom stereocenters. The van der Waals surface area contributed by atoms with Crippen molar-refractivity contribution in [2.45, 2.75) is 38.9 Å². The number of anilines is 1. The molecule has 1 aromatic carbocycles. The van der Waals surface area contributed by atoms with Gasteiger partial charge in [-0.1, -0.05) is 18.2 Å². The van der Waals surface area contributed by atoms with Gasteiger partial charge in [0, 0.05) is 0 Å². The van der Waals surface area contributed by atoms with Crippen LogP contribution in [0.15, 0.2) is 35.9 Å². The predicted molar refractivity (Wildman–Crippen MR) is 104 cm³/mol. The zero-order chi connectivity index (χ0) is 19.8. The first-order valence-electron chi connectivity index (χ1n) is 8.69. The summed E-state index contributed by atoms with van der Waals surface area (Å²) >= 11 is 0. The van der Waals surface area contributed by atoms with Crippen LogP contribution in [0, 0.1) is 11.3 Å². The third-order valence-electron chi connectivity index (χ3n) is 5.16. The van der Waals surface area contributed by atoms with Crippen molar-refractivity contribution in [1.82, 2.24) is 9.78 Å². The van der Waals surface area contributed by atoms with Crippen molar-refractivity contribution in [2.75, 3.05) is 12.3 Å². The SMILES string of the molecule is CC1(C)OB(C(=Cc2ccc(-n3ncc(C#N)c3N)cc2)CO)OC1(C)C. The van der Waals surface area contributed by atoms with Crippen molar-refractivity contribution in [3.8, 4) is 11.8 Å². The minimum absolute atomic E-state index is 0.170. The second-order valence-corrected chi connectivity index (χ2v) is 7.52. The molecule has 8 heteroatoms. The molecule has 140 valence electrons. The van der Waals surface area contributed by atoms with E-state index in [1.165, 1.54) is 10.9 Å². The molecule has 1 fully saturated rings. The fourth-order valence-electron chi connectivity index (χ4n) is 2.76. The van der Waals surface area contributed by atoms with Gasteiger partial charge in [0.2, 0.25) is 0 Å². The topological polar surface area (TPSA) is 106 Å². The van der Waals surface area contributed by atoms with Crippen molar-refractivity contribution in [3.63, 3.8) is 0 Å². The van der Waals surface area contributed by atoms with Gasteiger partial charge in [0.1, 0.15) is 17.5 Å². The standard InChI is InChI=1S/C19H23BN4O3/c1-18(2)19(3,4)27-20(26-18)15(12-25)9-13-5-7-16(8-6-13)24-17(22)14(10-21)11-23-24/h5-9,11,25H,12,22H2,1-4H3. The molecule has 1 saturated heterocycles. The van der Waals surface area contributed by atoms with Crippen LogP contribution in [0.4, 0.5) is 5.82 Å². The maximum Gasteiger partial charge on any atom is 0.492 e. The number of aliphatic hydroxyl groups excluding tert-OH is 1. The predicted octanol–water partition coefficient (Wildman–Crippen LogP) is 2.33. The lowest BCUT2D eigenvalue weighted by Gasteiger charge is -2.32. The monoisotopic (exact) mass is 366 g/mol. The average Bonchev–Trinajstić information content (AvgIpc) is 3.09. The number of hydrogen-bond acceptors (Lipinski definition) is 6. The Labute approximate surface area is 159 Å². The fraction of sp³-hybridized carbons (Fsp3) is 0.368. The number of rotatable bonds is 4. The second-order valence-electron chi connectivity index (χ2n) is 7.52. The highest BCUT2D eigenvalue weighted by Crippen LogP contribution is 2.38. The van der Waals surface area contributed by atoms with Crippen molar-refractivity contribution in [1.29, 1.82) is 5.26 Å². The van der Waals surface area contributed by atoms with Gasteiger partial charge in [-0.25, -0.2) is 4.68 Å². The molecule has 0 unspecified atom stereocenters. The molecular weight excluding hydrogens is 343 g/mol. The summed E-state index contributed by atoms with van der Waals surface area (Å²) in [6.07, 6.45) is 3.28. The number of benzene rings is 1. The number of nitrogens with two attached hydrogens (primary N) is 1. The van der Waals surface area contributed by atoms with Gasteiger partial charge in [-0.05, 0) is 50.9 Å². The van der Waals surface area contributed by atoms with Crippen LogP contribution in [-0.2, 0) is 9.31 Å². The van der Waals surface area contributed by atoms with E-state index in [-0.39, 0.29) is 6.61 Å². The van der Waals surface area contributed by atoms with Crippen LogP contribution in [0.2, 0.25) is 0 Å². The Hall–Kier alpha value is -2.60. The lowest BCUT2D eigenvalue weighted by atomic mass is 9.77. The number of aromatic nitrogens is 2. The number of nitrogens with zero attached hydrogens (tertiary/aromatic N) is 3. The summed E-state index contributed by atoms with van der Waals surface area (Å²) in [6, 6.07) is 9.44. The summed E-state index contributed by atoms with van der Waals surface area (Å²) in [7, 11) is -0.598. The van der Waals surface area contributed by atoms with E-state index in [0.29, 0.717) is 16.9 Å². The zero-order valence-corrected chi connectivity index (χ0v) is 15.9. The van der Waals surface area contributed by atoms with Crippen molar-refractivity contribution in [2.24, 2.45) is 0 Å². The highest BCUT2D eigenvalue weighted by Gasteiger charge is 2.52. The van der Waals surface area contributed by atoms with Gasteiger partial charge in [-0.3, -0.25) is 0 Å². The summed E-state index contributed by atoms with van der Waals surface area (Å²) in [5, 5.41) is 22.9. The molecule has 1 aromatic heterocycles. The normalized spacial score (nSPS) is 18.5. The molecule has 0 radical (unpaired) electrons. The Morgan fingerprint density at radius 2 is 1.85 bits per heavy atom. The highest BCUT2D eigenvalue weighted by atomic mass is 16.7. The largest absolute Gasteiger partial charge is 0.492 e. The third kappa shape index (κ3) is 3.49. The zero-order valence-electron chi connectivity index (χ0n) is 15.9. The molecule has 3 rings (SSSR count). The van der Waals surface area contributed by atoms with Crippen LogP contribution < -0.4 is 5.73 Å². The molecule has 1 aliphatic rings. The lowest BCUT2D eigenvalue weighted by molar-refractivity contribution is 0.00578. The minimum atomic E-state index is -0.598. The first-order chi connectivity index (χ1) is 12.7. The Balaban J connectivity index is 1.84. The maximum atomic E-state index is 9.80. The number of hydrogen-bond donors (Lipinski definition) is 2. The smallest absolute Gasteiger partial charge is 0.400 e. The highest BCUT2D eigenvalue weighted by molar-refractivity contribution is 6.55. The van der Waals surface area contributed by atoms with E-state index >= 15 is 0 Å². The first-order valence-corrected chi connectivity index (χ1v) is 8.69. The summed E-state index contributed by atoms with van der Waals surface area (Å²) < 4.78 is 13.5. The third-order valence-corrected chi connectivity index (χ3v) is 5.16. The Morgan fingerprint density at radius 3 is 2.33 bits per heavy atom. The molecule has 7 nitrogen and oxygen atoms in total. The molecule has 0 aliphatic carbocycles. The average molecular weight is 366 g/mol. The first kappa shape index (κ1) is 19.2. The van der Waals surface area contributed by atoms with Gasteiger partial charge >= 0.3 is 7.12 Å². The lowest BCUT2D eigenvalue weighted by Crippen LogP contribution is -2.41. The van der Waals surface area contributed by atoms with E-state index in [0.717, 1.165) is 11.3 Å². The van der Waals surface area contributed by atoms with Crippen LogP contribution in [0.5, 0.6) is 0 Å².